The third-order valence-corrected chi connectivity index (χ3v) is 4.10. The van der Waals surface area contributed by atoms with Crippen molar-refractivity contribution >= 4 is 11.6 Å². The number of nitrogens with one attached hydrogen (secondary N) is 1. The lowest BCUT2D eigenvalue weighted by Gasteiger charge is -2.19. The van der Waals surface area contributed by atoms with Gasteiger partial charge in [0.05, 0.1) is 5.69 Å². The second-order valence-corrected chi connectivity index (χ2v) is 5.72. The second kappa shape index (κ2) is 5.87. The van der Waals surface area contributed by atoms with Crippen molar-refractivity contribution in [2.75, 3.05) is 18.5 Å². The fourth-order valence-corrected chi connectivity index (χ4v) is 2.92. The summed E-state index contributed by atoms with van der Waals surface area (Å²) in [4.78, 5) is 12.4. The van der Waals surface area contributed by atoms with Crippen LogP contribution in [0.5, 0.6) is 11.5 Å². The molecule has 0 atom stereocenters. The number of benzene rings is 1. The summed E-state index contributed by atoms with van der Waals surface area (Å²) in [6.07, 6.45) is 4.20. The van der Waals surface area contributed by atoms with Gasteiger partial charge in [-0.25, -0.2) is 0 Å². The monoisotopic (exact) mass is 311 g/mol. The Bertz CT molecular complexity index is 761. The lowest BCUT2D eigenvalue weighted by atomic mass is 9.96. The van der Waals surface area contributed by atoms with Crippen molar-refractivity contribution in [3.63, 3.8) is 0 Å². The number of carbonyl (C=O) groups excluding carboxylic acids is 1. The van der Waals surface area contributed by atoms with Crippen LogP contribution < -0.4 is 14.8 Å². The van der Waals surface area contributed by atoms with E-state index in [4.69, 9.17) is 9.47 Å². The molecular formula is C17H17N3O3. The molecule has 2 heterocycles. The van der Waals surface area contributed by atoms with E-state index in [1.165, 1.54) is 0 Å². The molecule has 2 aliphatic rings. The van der Waals surface area contributed by atoms with Gasteiger partial charge in [-0.2, -0.15) is 5.10 Å². The summed E-state index contributed by atoms with van der Waals surface area (Å²) in [5.74, 6) is 1.08. The van der Waals surface area contributed by atoms with Crippen LogP contribution >= 0.6 is 0 Å². The molecule has 23 heavy (non-hydrogen) atoms. The number of amides is 1. The SMILES string of the molecule is O=C(Nc1ccc2c(c1)OCCO2)c1cc2c(nn1)CCCC2. The molecule has 1 aromatic carbocycles. The molecule has 0 saturated carbocycles. The van der Waals surface area contributed by atoms with E-state index in [0.29, 0.717) is 36.1 Å². The number of anilines is 1. The van der Waals surface area contributed by atoms with Gasteiger partial charge in [0.15, 0.2) is 17.2 Å². The molecule has 1 aromatic heterocycles. The van der Waals surface area contributed by atoms with Crippen LogP contribution in [0.3, 0.4) is 0 Å². The predicted molar refractivity (Wildman–Crippen MR) is 84.1 cm³/mol. The van der Waals surface area contributed by atoms with E-state index in [9.17, 15) is 4.79 Å². The highest BCUT2D eigenvalue weighted by atomic mass is 16.6. The number of fused-ring (bicyclic) bond motifs is 2. The molecule has 6 heteroatoms. The van der Waals surface area contributed by atoms with Gasteiger partial charge < -0.3 is 14.8 Å². The maximum atomic E-state index is 12.4. The molecule has 6 nitrogen and oxygen atoms in total. The van der Waals surface area contributed by atoms with Gasteiger partial charge in [0.1, 0.15) is 13.2 Å². The number of hydrogen-bond acceptors (Lipinski definition) is 5. The summed E-state index contributed by atoms with van der Waals surface area (Å²) in [5.41, 5.74) is 3.16. The Hall–Kier alpha value is -2.63. The first-order chi connectivity index (χ1) is 11.3. The minimum Gasteiger partial charge on any atom is -0.486 e. The van der Waals surface area contributed by atoms with Crippen molar-refractivity contribution in [1.29, 1.82) is 0 Å². The number of aromatic nitrogens is 2. The van der Waals surface area contributed by atoms with Crippen molar-refractivity contribution in [1.82, 2.24) is 10.2 Å². The summed E-state index contributed by atoms with van der Waals surface area (Å²) in [6, 6.07) is 7.20. The summed E-state index contributed by atoms with van der Waals surface area (Å²) in [7, 11) is 0. The van der Waals surface area contributed by atoms with Crippen LogP contribution in [-0.4, -0.2) is 29.3 Å². The van der Waals surface area contributed by atoms with Gasteiger partial charge in [-0.05, 0) is 49.4 Å². The van der Waals surface area contributed by atoms with Crippen LogP contribution in [0.4, 0.5) is 5.69 Å². The predicted octanol–water partition coefficient (Wildman–Crippen LogP) is 2.38. The normalized spacial score (nSPS) is 15.7. The van der Waals surface area contributed by atoms with Crippen molar-refractivity contribution in [2.24, 2.45) is 0 Å². The Morgan fingerprint density at radius 2 is 1.83 bits per heavy atom. The number of carbonyl (C=O) groups is 1. The summed E-state index contributed by atoms with van der Waals surface area (Å²) >= 11 is 0. The lowest BCUT2D eigenvalue weighted by Crippen LogP contribution is -2.18. The molecule has 0 bridgehead atoms. The molecular weight excluding hydrogens is 294 g/mol. The van der Waals surface area contributed by atoms with E-state index in [-0.39, 0.29) is 5.91 Å². The van der Waals surface area contributed by atoms with Crippen LogP contribution in [0.2, 0.25) is 0 Å². The zero-order chi connectivity index (χ0) is 15.6. The fraction of sp³-hybridized carbons (Fsp3) is 0.353. The molecule has 118 valence electrons. The number of aryl methyl sites for hydroxylation is 2. The van der Waals surface area contributed by atoms with Crippen LogP contribution in [0, 0.1) is 0 Å². The Morgan fingerprint density at radius 3 is 2.74 bits per heavy atom. The van der Waals surface area contributed by atoms with Crippen molar-refractivity contribution in [2.45, 2.75) is 25.7 Å². The largest absolute Gasteiger partial charge is 0.486 e. The maximum absolute atomic E-state index is 12.4. The average molecular weight is 311 g/mol. The molecule has 0 radical (unpaired) electrons. The van der Waals surface area contributed by atoms with Crippen LogP contribution in [0.15, 0.2) is 24.3 Å². The second-order valence-electron chi connectivity index (χ2n) is 5.72. The maximum Gasteiger partial charge on any atom is 0.276 e. The van der Waals surface area contributed by atoms with Gasteiger partial charge in [-0.3, -0.25) is 4.79 Å². The Morgan fingerprint density at radius 1 is 1.00 bits per heavy atom. The minimum absolute atomic E-state index is 0.262. The number of nitrogens with zero attached hydrogens (tertiary/aromatic N) is 2. The van der Waals surface area contributed by atoms with Gasteiger partial charge in [0.2, 0.25) is 0 Å². The quantitative estimate of drug-likeness (QED) is 0.922. The van der Waals surface area contributed by atoms with Gasteiger partial charge in [0.25, 0.3) is 5.91 Å². The van der Waals surface area contributed by atoms with Crippen LogP contribution in [0.25, 0.3) is 0 Å². The zero-order valence-corrected chi connectivity index (χ0v) is 12.7. The third-order valence-electron chi connectivity index (χ3n) is 4.10. The molecule has 1 aliphatic carbocycles. The van der Waals surface area contributed by atoms with Gasteiger partial charge in [-0.1, -0.05) is 0 Å². The zero-order valence-electron chi connectivity index (χ0n) is 12.7. The average Bonchev–Trinajstić information content (AvgIpc) is 2.61. The standard InChI is InChI=1S/C17H17N3O3/c21-17(14-9-11-3-1-2-4-13(11)19-20-14)18-12-5-6-15-16(10-12)23-8-7-22-15/h5-6,9-10H,1-4,7-8H2,(H,18,21). The molecule has 0 saturated heterocycles. The summed E-state index contributed by atoms with van der Waals surface area (Å²) in [5, 5.41) is 11.1. The number of hydrogen-bond donors (Lipinski definition) is 1. The number of rotatable bonds is 2. The summed E-state index contributed by atoms with van der Waals surface area (Å²) in [6.45, 7) is 1.06. The van der Waals surface area contributed by atoms with E-state index in [0.717, 1.165) is 36.9 Å². The molecule has 2 aromatic rings. The van der Waals surface area contributed by atoms with E-state index < -0.39 is 0 Å². The smallest absolute Gasteiger partial charge is 0.276 e. The molecule has 4 rings (SSSR count). The highest BCUT2D eigenvalue weighted by molar-refractivity contribution is 6.03. The Labute approximate surface area is 133 Å². The first-order valence-electron chi connectivity index (χ1n) is 7.86. The van der Waals surface area contributed by atoms with Gasteiger partial charge >= 0.3 is 0 Å². The van der Waals surface area contributed by atoms with Crippen LogP contribution in [0.1, 0.15) is 34.6 Å². The molecule has 1 N–H and O–H groups in total. The molecule has 1 amide bonds. The highest BCUT2D eigenvalue weighted by Crippen LogP contribution is 2.32. The van der Waals surface area contributed by atoms with Gasteiger partial charge in [0, 0.05) is 11.8 Å². The lowest BCUT2D eigenvalue weighted by molar-refractivity contribution is 0.102. The third kappa shape index (κ3) is 2.84. The van der Waals surface area contributed by atoms with E-state index >= 15 is 0 Å². The molecule has 0 fully saturated rings. The highest BCUT2D eigenvalue weighted by Gasteiger charge is 2.17. The topological polar surface area (TPSA) is 73.3 Å². The van der Waals surface area contributed by atoms with E-state index in [1.54, 1.807) is 18.2 Å². The van der Waals surface area contributed by atoms with Crippen molar-refractivity contribution in [3.8, 4) is 11.5 Å². The van der Waals surface area contributed by atoms with Crippen molar-refractivity contribution in [3.05, 3.63) is 41.2 Å². The Balaban J connectivity index is 1.53. The minimum atomic E-state index is -0.262. The first-order valence-corrected chi connectivity index (χ1v) is 7.86. The molecule has 1 aliphatic heterocycles. The van der Waals surface area contributed by atoms with E-state index in [1.807, 2.05) is 6.07 Å². The van der Waals surface area contributed by atoms with Crippen LogP contribution in [-0.2, 0) is 12.8 Å². The number of ether oxygens (including phenoxy) is 2. The summed E-state index contributed by atoms with van der Waals surface area (Å²) < 4.78 is 11.0. The molecule has 0 unspecified atom stereocenters. The Kier molecular flexibility index (Phi) is 3.57. The molecule has 0 spiro atoms. The van der Waals surface area contributed by atoms with Crippen molar-refractivity contribution < 1.29 is 14.3 Å². The first kappa shape index (κ1) is 14.0. The van der Waals surface area contributed by atoms with Gasteiger partial charge in [-0.15, -0.1) is 5.10 Å². The van der Waals surface area contributed by atoms with E-state index in [2.05, 4.69) is 15.5 Å². The fourth-order valence-electron chi connectivity index (χ4n) is 2.92.